The van der Waals surface area contributed by atoms with E-state index in [-0.39, 0.29) is 0 Å². The zero-order valence-corrected chi connectivity index (χ0v) is 9.86. The fourth-order valence-electron chi connectivity index (χ4n) is 1.47. The standard InChI is InChI=1S/C11H12N2O2S/c1-7-3-6-16-10(7)9(14)8-11(15-2)13-5-4-12-8/h3-6,9,14H,1-2H3. The Hall–Kier alpha value is -1.46. The van der Waals surface area contributed by atoms with Gasteiger partial charge in [-0.3, -0.25) is 4.98 Å². The maximum absolute atomic E-state index is 10.2. The van der Waals surface area contributed by atoms with Crippen LogP contribution in [0, 0.1) is 6.92 Å². The van der Waals surface area contributed by atoms with Crippen LogP contribution in [0.4, 0.5) is 0 Å². The lowest BCUT2D eigenvalue weighted by Gasteiger charge is -2.11. The molecule has 1 atom stereocenters. The molecule has 0 aliphatic rings. The van der Waals surface area contributed by atoms with Crippen molar-refractivity contribution in [2.45, 2.75) is 13.0 Å². The third kappa shape index (κ3) is 1.91. The molecular weight excluding hydrogens is 224 g/mol. The predicted molar refractivity (Wildman–Crippen MR) is 61.7 cm³/mol. The molecule has 2 aromatic heterocycles. The van der Waals surface area contributed by atoms with Crippen LogP contribution in [0.3, 0.4) is 0 Å². The first kappa shape index (κ1) is 11.0. The Morgan fingerprint density at radius 3 is 2.75 bits per heavy atom. The summed E-state index contributed by atoms with van der Waals surface area (Å²) in [7, 11) is 1.52. The molecule has 0 aromatic carbocycles. The van der Waals surface area contributed by atoms with Crippen molar-refractivity contribution in [1.82, 2.24) is 9.97 Å². The van der Waals surface area contributed by atoms with E-state index in [1.165, 1.54) is 24.6 Å². The van der Waals surface area contributed by atoms with E-state index in [1.54, 1.807) is 6.20 Å². The molecule has 2 rings (SSSR count). The Bertz CT molecular complexity index is 484. The monoisotopic (exact) mass is 236 g/mol. The molecule has 1 N–H and O–H groups in total. The van der Waals surface area contributed by atoms with Gasteiger partial charge in [0.1, 0.15) is 11.8 Å². The van der Waals surface area contributed by atoms with E-state index < -0.39 is 6.10 Å². The first-order valence-electron chi connectivity index (χ1n) is 4.81. The summed E-state index contributed by atoms with van der Waals surface area (Å²) >= 11 is 1.50. The summed E-state index contributed by atoms with van der Waals surface area (Å²) in [5, 5.41) is 12.1. The van der Waals surface area contributed by atoms with Crippen LogP contribution in [0.2, 0.25) is 0 Å². The topological polar surface area (TPSA) is 55.2 Å². The van der Waals surface area contributed by atoms with Gasteiger partial charge < -0.3 is 9.84 Å². The van der Waals surface area contributed by atoms with Crippen LogP contribution in [0.1, 0.15) is 22.2 Å². The van der Waals surface area contributed by atoms with E-state index in [1.807, 2.05) is 18.4 Å². The molecule has 0 aliphatic carbocycles. The number of hydrogen-bond acceptors (Lipinski definition) is 5. The number of aromatic nitrogens is 2. The number of aryl methyl sites for hydroxylation is 1. The minimum atomic E-state index is -0.774. The number of hydrogen-bond donors (Lipinski definition) is 1. The van der Waals surface area contributed by atoms with Gasteiger partial charge in [-0.05, 0) is 23.9 Å². The third-order valence-corrected chi connectivity index (χ3v) is 3.36. The average molecular weight is 236 g/mol. The van der Waals surface area contributed by atoms with Gasteiger partial charge in [0.15, 0.2) is 0 Å². The summed E-state index contributed by atoms with van der Waals surface area (Å²) in [6.45, 7) is 1.96. The molecule has 0 amide bonds. The molecule has 0 bridgehead atoms. The van der Waals surface area contributed by atoms with Crippen molar-refractivity contribution in [2.75, 3.05) is 7.11 Å². The van der Waals surface area contributed by atoms with Gasteiger partial charge in [0.25, 0.3) is 0 Å². The van der Waals surface area contributed by atoms with Crippen LogP contribution in [-0.4, -0.2) is 22.2 Å². The SMILES string of the molecule is COc1nccnc1C(O)c1sccc1C. The molecule has 1 unspecified atom stereocenters. The number of ether oxygens (including phenoxy) is 1. The van der Waals surface area contributed by atoms with Crippen molar-refractivity contribution < 1.29 is 9.84 Å². The van der Waals surface area contributed by atoms with Crippen molar-refractivity contribution >= 4 is 11.3 Å². The molecule has 16 heavy (non-hydrogen) atoms. The van der Waals surface area contributed by atoms with Crippen molar-refractivity contribution in [3.63, 3.8) is 0 Å². The summed E-state index contributed by atoms with van der Waals surface area (Å²) in [5.41, 5.74) is 1.50. The van der Waals surface area contributed by atoms with E-state index in [4.69, 9.17) is 4.74 Å². The van der Waals surface area contributed by atoms with E-state index in [0.717, 1.165) is 10.4 Å². The fraction of sp³-hybridized carbons (Fsp3) is 0.273. The Morgan fingerprint density at radius 2 is 2.12 bits per heavy atom. The highest BCUT2D eigenvalue weighted by Gasteiger charge is 2.20. The second kappa shape index (κ2) is 4.59. The number of methoxy groups -OCH3 is 1. The molecule has 4 nitrogen and oxygen atoms in total. The van der Waals surface area contributed by atoms with Crippen LogP contribution >= 0.6 is 11.3 Å². The second-order valence-electron chi connectivity index (χ2n) is 3.32. The predicted octanol–water partition coefficient (Wildman–Crippen LogP) is 1.94. The maximum Gasteiger partial charge on any atom is 0.238 e. The normalized spacial score (nSPS) is 12.4. The van der Waals surface area contributed by atoms with Gasteiger partial charge in [-0.1, -0.05) is 0 Å². The fourth-order valence-corrected chi connectivity index (χ4v) is 2.38. The second-order valence-corrected chi connectivity index (χ2v) is 4.27. The molecule has 0 aliphatic heterocycles. The average Bonchev–Trinajstić information content (AvgIpc) is 2.74. The van der Waals surface area contributed by atoms with Crippen molar-refractivity contribution in [1.29, 1.82) is 0 Å². The summed E-state index contributed by atoms with van der Waals surface area (Å²) < 4.78 is 5.08. The third-order valence-electron chi connectivity index (χ3n) is 2.29. The molecule has 0 fully saturated rings. The molecule has 5 heteroatoms. The van der Waals surface area contributed by atoms with E-state index in [2.05, 4.69) is 9.97 Å². The van der Waals surface area contributed by atoms with Gasteiger partial charge in [-0.2, -0.15) is 0 Å². The summed E-state index contributed by atoms with van der Waals surface area (Å²) in [5.74, 6) is 0.364. The zero-order valence-electron chi connectivity index (χ0n) is 9.04. The maximum atomic E-state index is 10.2. The molecule has 2 heterocycles. The highest BCUT2D eigenvalue weighted by Crippen LogP contribution is 2.31. The highest BCUT2D eigenvalue weighted by molar-refractivity contribution is 7.10. The largest absolute Gasteiger partial charge is 0.480 e. The lowest BCUT2D eigenvalue weighted by atomic mass is 10.1. The molecule has 0 radical (unpaired) electrons. The lowest BCUT2D eigenvalue weighted by molar-refractivity contribution is 0.210. The first-order chi connectivity index (χ1) is 7.74. The Morgan fingerprint density at radius 1 is 1.38 bits per heavy atom. The van der Waals surface area contributed by atoms with Crippen molar-refractivity contribution in [2.24, 2.45) is 0 Å². The van der Waals surface area contributed by atoms with Crippen LogP contribution < -0.4 is 4.74 Å². The Balaban J connectivity index is 2.41. The lowest BCUT2D eigenvalue weighted by Crippen LogP contribution is -2.05. The zero-order chi connectivity index (χ0) is 11.5. The van der Waals surface area contributed by atoms with Gasteiger partial charge >= 0.3 is 0 Å². The van der Waals surface area contributed by atoms with Gasteiger partial charge in [0.05, 0.1) is 7.11 Å². The molecule has 2 aromatic rings. The molecular formula is C11H12N2O2S. The highest BCUT2D eigenvalue weighted by atomic mass is 32.1. The summed E-state index contributed by atoms with van der Waals surface area (Å²) in [6, 6.07) is 1.96. The van der Waals surface area contributed by atoms with E-state index >= 15 is 0 Å². The molecule has 0 saturated heterocycles. The minimum absolute atomic E-state index is 0.364. The number of rotatable bonds is 3. The van der Waals surface area contributed by atoms with Crippen LogP contribution in [0.5, 0.6) is 5.88 Å². The van der Waals surface area contributed by atoms with Gasteiger partial charge in [-0.15, -0.1) is 11.3 Å². The summed E-state index contributed by atoms with van der Waals surface area (Å²) in [4.78, 5) is 9.01. The van der Waals surface area contributed by atoms with Crippen molar-refractivity contribution in [3.8, 4) is 5.88 Å². The molecule has 0 saturated carbocycles. The van der Waals surface area contributed by atoms with Crippen LogP contribution in [-0.2, 0) is 0 Å². The summed E-state index contributed by atoms with van der Waals surface area (Å²) in [6.07, 6.45) is 2.31. The smallest absolute Gasteiger partial charge is 0.238 e. The molecule has 84 valence electrons. The van der Waals surface area contributed by atoms with Gasteiger partial charge in [0.2, 0.25) is 5.88 Å². The van der Waals surface area contributed by atoms with Crippen LogP contribution in [0.25, 0.3) is 0 Å². The van der Waals surface area contributed by atoms with Crippen LogP contribution in [0.15, 0.2) is 23.8 Å². The molecule has 0 spiro atoms. The number of aliphatic hydroxyl groups is 1. The van der Waals surface area contributed by atoms with E-state index in [0.29, 0.717) is 11.6 Å². The van der Waals surface area contributed by atoms with Gasteiger partial charge in [-0.25, -0.2) is 4.98 Å². The Labute approximate surface area is 97.6 Å². The first-order valence-corrected chi connectivity index (χ1v) is 5.69. The number of thiophene rings is 1. The van der Waals surface area contributed by atoms with Crippen molar-refractivity contribution in [3.05, 3.63) is 40.0 Å². The quantitative estimate of drug-likeness (QED) is 0.884. The number of aliphatic hydroxyl groups excluding tert-OH is 1. The number of nitrogens with zero attached hydrogens (tertiary/aromatic N) is 2. The minimum Gasteiger partial charge on any atom is -0.480 e. The van der Waals surface area contributed by atoms with E-state index in [9.17, 15) is 5.11 Å². The van der Waals surface area contributed by atoms with Gasteiger partial charge in [0, 0.05) is 17.3 Å². The Kier molecular flexibility index (Phi) is 3.17.